The molecule has 0 radical (unpaired) electrons. The fourth-order valence-corrected chi connectivity index (χ4v) is 1.63. The number of carboxylic acids is 1. The van der Waals surface area contributed by atoms with Crippen LogP contribution in [0.25, 0.3) is 0 Å². The number of benzene rings is 1. The van der Waals surface area contributed by atoms with Crippen LogP contribution < -0.4 is 5.32 Å². The van der Waals surface area contributed by atoms with E-state index in [1.807, 2.05) is 0 Å². The molecule has 0 fully saturated rings. The van der Waals surface area contributed by atoms with E-state index < -0.39 is 5.97 Å². The summed E-state index contributed by atoms with van der Waals surface area (Å²) in [5.41, 5.74) is 0.118. The summed E-state index contributed by atoms with van der Waals surface area (Å²) in [5, 5.41) is 20.7. The van der Waals surface area contributed by atoms with Crippen LogP contribution in [0.2, 0.25) is 0 Å². The Kier molecular flexibility index (Phi) is 3.51. The van der Waals surface area contributed by atoms with Crippen LogP contribution in [0.5, 0.6) is 5.75 Å². The van der Waals surface area contributed by atoms with Crippen molar-refractivity contribution in [1.29, 1.82) is 0 Å². The van der Waals surface area contributed by atoms with E-state index in [2.05, 4.69) is 5.32 Å². The zero-order chi connectivity index (χ0) is 11.6. The third-order valence-corrected chi connectivity index (χ3v) is 2.44. The quantitative estimate of drug-likeness (QED) is 0.571. The van der Waals surface area contributed by atoms with E-state index in [0.717, 1.165) is 0 Å². The maximum atomic E-state index is 10.8. The first-order valence-electron chi connectivity index (χ1n) is 3.95. The van der Waals surface area contributed by atoms with Gasteiger partial charge in [-0.15, -0.1) is 0 Å². The van der Waals surface area contributed by atoms with Crippen molar-refractivity contribution < 1.29 is 19.8 Å². The third kappa shape index (κ3) is 2.82. The number of hydrogen-bond acceptors (Lipinski definition) is 3. The molecule has 5 nitrogen and oxygen atoms in total. The summed E-state index contributed by atoms with van der Waals surface area (Å²) >= 11 is 1.79. The number of aromatic hydroxyl groups is 1. The fourth-order valence-electron chi connectivity index (χ4n) is 1.01. The van der Waals surface area contributed by atoms with Gasteiger partial charge in [0.1, 0.15) is 0 Å². The van der Waals surface area contributed by atoms with Gasteiger partial charge in [0, 0.05) is 6.92 Å². The van der Waals surface area contributed by atoms with Crippen LogP contribution in [0.15, 0.2) is 12.1 Å². The van der Waals surface area contributed by atoms with Gasteiger partial charge in [0.2, 0.25) is 5.91 Å². The maximum absolute atomic E-state index is 10.8. The lowest BCUT2D eigenvalue weighted by atomic mass is 10.2. The fraction of sp³-hybridized carbons (Fsp3) is 0.111. The average Bonchev–Trinajstić information content (AvgIpc) is 2.11. The second kappa shape index (κ2) is 4.47. The summed E-state index contributed by atoms with van der Waals surface area (Å²) in [6.07, 6.45) is 0. The van der Waals surface area contributed by atoms with E-state index in [1.54, 1.807) is 22.6 Å². The highest BCUT2D eigenvalue weighted by Gasteiger charge is 2.12. The van der Waals surface area contributed by atoms with Gasteiger partial charge in [-0.05, 0) is 34.7 Å². The zero-order valence-corrected chi connectivity index (χ0v) is 9.90. The first-order valence-corrected chi connectivity index (χ1v) is 5.03. The molecule has 80 valence electrons. The van der Waals surface area contributed by atoms with Gasteiger partial charge in [0.15, 0.2) is 5.75 Å². The second-order valence-electron chi connectivity index (χ2n) is 2.84. The number of halogens is 1. The number of carbonyl (C=O) groups excluding carboxylic acids is 1. The summed E-state index contributed by atoms with van der Waals surface area (Å²) in [4.78, 5) is 21.5. The molecule has 0 saturated heterocycles. The highest BCUT2D eigenvalue weighted by Crippen LogP contribution is 2.30. The molecule has 0 aromatic heterocycles. The molecule has 0 unspecified atom stereocenters. The lowest BCUT2D eigenvalue weighted by Crippen LogP contribution is -2.08. The average molecular weight is 321 g/mol. The predicted octanol–water partition coefficient (Wildman–Crippen LogP) is 1.65. The zero-order valence-electron chi connectivity index (χ0n) is 7.74. The predicted molar refractivity (Wildman–Crippen MR) is 62.1 cm³/mol. The van der Waals surface area contributed by atoms with Crippen molar-refractivity contribution in [2.24, 2.45) is 0 Å². The topological polar surface area (TPSA) is 86.6 Å². The number of carboxylic acid groups (broad SMARTS) is 1. The van der Waals surface area contributed by atoms with Gasteiger partial charge in [-0.2, -0.15) is 0 Å². The van der Waals surface area contributed by atoms with E-state index in [4.69, 9.17) is 5.11 Å². The van der Waals surface area contributed by atoms with Crippen molar-refractivity contribution in [3.8, 4) is 5.75 Å². The lowest BCUT2D eigenvalue weighted by molar-refractivity contribution is -0.114. The van der Waals surface area contributed by atoms with E-state index in [-0.39, 0.29) is 22.9 Å². The Morgan fingerprint density at radius 2 is 2.00 bits per heavy atom. The number of phenolic OH excluding ortho intramolecular Hbond substituents is 1. The molecule has 0 aliphatic rings. The van der Waals surface area contributed by atoms with Gasteiger partial charge in [-0.25, -0.2) is 4.79 Å². The Balaban J connectivity index is 3.24. The van der Waals surface area contributed by atoms with Crippen molar-refractivity contribution in [3.05, 3.63) is 21.3 Å². The SMILES string of the molecule is CC(=O)Nc1cc(C(=O)O)cc(I)c1O. The van der Waals surface area contributed by atoms with Gasteiger partial charge in [-0.3, -0.25) is 4.79 Å². The summed E-state index contributed by atoms with van der Waals surface area (Å²) < 4.78 is 0.372. The molecule has 1 aromatic carbocycles. The molecule has 1 aromatic rings. The van der Waals surface area contributed by atoms with E-state index in [1.165, 1.54) is 19.1 Å². The van der Waals surface area contributed by atoms with Crippen LogP contribution in [0.3, 0.4) is 0 Å². The number of aromatic carboxylic acids is 1. The Morgan fingerprint density at radius 3 is 2.47 bits per heavy atom. The molecule has 15 heavy (non-hydrogen) atoms. The molecule has 1 rings (SSSR count). The van der Waals surface area contributed by atoms with Crippen molar-refractivity contribution in [2.45, 2.75) is 6.92 Å². The van der Waals surface area contributed by atoms with Crippen molar-refractivity contribution >= 4 is 40.2 Å². The van der Waals surface area contributed by atoms with Crippen molar-refractivity contribution in [3.63, 3.8) is 0 Å². The number of nitrogens with one attached hydrogen (secondary N) is 1. The number of carbonyl (C=O) groups is 2. The smallest absolute Gasteiger partial charge is 0.335 e. The van der Waals surface area contributed by atoms with Crippen LogP contribution in [0.4, 0.5) is 5.69 Å². The Morgan fingerprint density at radius 1 is 1.40 bits per heavy atom. The number of anilines is 1. The third-order valence-electron chi connectivity index (χ3n) is 1.62. The van der Waals surface area contributed by atoms with Crippen LogP contribution >= 0.6 is 22.6 Å². The maximum Gasteiger partial charge on any atom is 0.335 e. The van der Waals surface area contributed by atoms with Gasteiger partial charge in [-0.1, -0.05) is 0 Å². The van der Waals surface area contributed by atoms with Crippen molar-refractivity contribution in [2.75, 3.05) is 5.32 Å². The molecule has 0 saturated carbocycles. The summed E-state index contributed by atoms with van der Waals surface area (Å²) in [7, 11) is 0. The largest absolute Gasteiger partial charge is 0.505 e. The standard InChI is InChI=1S/C9H8INO4/c1-4(12)11-7-3-5(9(14)15)2-6(10)8(7)13/h2-3,13H,1H3,(H,11,12)(H,14,15). The molecule has 0 heterocycles. The van der Waals surface area contributed by atoms with Crippen molar-refractivity contribution in [1.82, 2.24) is 0 Å². The van der Waals surface area contributed by atoms with E-state index in [0.29, 0.717) is 3.57 Å². The second-order valence-corrected chi connectivity index (χ2v) is 4.00. The molecule has 6 heteroatoms. The van der Waals surface area contributed by atoms with Crippen LogP contribution in [-0.2, 0) is 4.79 Å². The molecule has 0 aliphatic carbocycles. The Labute approximate surface area is 99.2 Å². The summed E-state index contributed by atoms with van der Waals surface area (Å²) in [6.45, 7) is 1.28. The van der Waals surface area contributed by atoms with Gasteiger partial charge in [0.25, 0.3) is 0 Å². The Hall–Kier alpha value is -1.31. The number of hydrogen-bond donors (Lipinski definition) is 3. The lowest BCUT2D eigenvalue weighted by Gasteiger charge is -2.08. The molecule has 0 bridgehead atoms. The van der Waals surface area contributed by atoms with Gasteiger partial charge >= 0.3 is 5.97 Å². The molecule has 0 aliphatic heterocycles. The molecule has 0 spiro atoms. The minimum atomic E-state index is -1.11. The number of phenols is 1. The highest BCUT2D eigenvalue weighted by atomic mass is 127. The minimum absolute atomic E-state index is 0.0148. The molecule has 3 N–H and O–H groups in total. The molecular weight excluding hydrogens is 313 g/mol. The summed E-state index contributed by atoms with van der Waals surface area (Å²) in [5.74, 6) is -1.61. The van der Waals surface area contributed by atoms with Crippen LogP contribution in [0, 0.1) is 3.57 Å². The molecular formula is C9H8INO4. The molecule has 0 atom stereocenters. The highest BCUT2D eigenvalue weighted by molar-refractivity contribution is 14.1. The first-order chi connectivity index (χ1) is 6.91. The van der Waals surface area contributed by atoms with Crippen LogP contribution in [-0.4, -0.2) is 22.1 Å². The Bertz CT molecular complexity index is 430. The minimum Gasteiger partial charge on any atom is -0.505 e. The van der Waals surface area contributed by atoms with E-state index >= 15 is 0 Å². The number of amides is 1. The first kappa shape index (κ1) is 11.8. The normalized spacial score (nSPS) is 9.73. The summed E-state index contributed by atoms with van der Waals surface area (Å²) in [6, 6.07) is 2.53. The van der Waals surface area contributed by atoms with Crippen LogP contribution in [0.1, 0.15) is 17.3 Å². The monoisotopic (exact) mass is 321 g/mol. The van der Waals surface area contributed by atoms with Gasteiger partial charge in [0.05, 0.1) is 14.8 Å². The number of rotatable bonds is 2. The van der Waals surface area contributed by atoms with Gasteiger partial charge < -0.3 is 15.5 Å². The van der Waals surface area contributed by atoms with E-state index in [9.17, 15) is 14.7 Å². The molecule has 1 amide bonds.